The van der Waals surface area contributed by atoms with Crippen molar-refractivity contribution in [3.63, 3.8) is 0 Å². The number of carbonyl (C=O) groups is 1. The molecule has 1 atom stereocenters. The van der Waals surface area contributed by atoms with Crippen molar-refractivity contribution < 1.29 is 17.9 Å². The summed E-state index contributed by atoms with van der Waals surface area (Å²) in [5.41, 5.74) is 2.55. The Balaban J connectivity index is 2.02. The van der Waals surface area contributed by atoms with Gasteiger partial charge in [0.2, 0.25) is 10.0 Å². The standard InChI is InChI=1S/C19H24N2O4S/c1-14-6-4-5-7-17(14)12-20-19(22)16-8-10-18(11-9-16)26(23,24)21-15(2)13-25-3/h4-11,15,21H,12-13H2,1-3H3,(H,20,22)/t15-/m1/s1. The summed E-state index contributed by atoms with van der Waals surface area (Å²) in [4.78, 5) is 12.4. The van der Waals surface area contributed by atoms with Crippen molar-refractivity contribution in [3.8, 4) is 0 Å². The van der Waals surface area contributed by atoms with Gasteiger partial charge in [0.1, 0.15) is 0 Å². The smallest absolute Gasteiger partial charge is 0.251 e. The molecule has 2 N–H and O–H groups in total. The summed E-state index contributed by atoms with van der Waals surface area (Å²) in [6, 6.07) is 13.3. The first-order valence-electron chi connectivity index (χ1n) is 8.27. The fourth-order valence-corrected chi connectivity index (χ4v) is 3.72. The summed E-state index contributed by atoms with van der Waals surface area (Å²) >= 11 is 0. The number of ether oxygens (including phenoxy) is 1. The molecule has 140 valence electrons. The highest BCUT2D eigenvalue weighted by Gasteiger charge is 2.17. The Hall–Kier alpha value is -2.22. The molecule has 0 unspecified atom stereocenters. The Bertz CT molecular complexity index is 848. The van der Waals surface area contributed by atoms with Crippen LogP contribution in [-0.4, -0.2) is 34.1 Å². The number of hydrogen-bond donors (Lipinski definition) is 2. The number of methoxy groups -OCH3 is 1. The second-order valence-electron chi connectivity index (χ2n) is 6.11. The molecular weight excluding hydrogens is 352 g/mol. The van der Waals surface area contributed by atoms with Gasteiger partial charge in [-0.15, -0.1) is 0 Å². The molecule has 0 radical (unpaired) electrons. The number of hydrogen-bond acceptors (Lipinski definition) is 4. The fraction of sp³-hybridized carbons (Fsp3) is 0.316. The molecule has 0 fully saturated rings. The van der Waals surface area contributed by atoms with Crippen molar-refractivity contribution in [2.24, 2.45) is 0 Å². The van der Waals surface area contributed by atoms with E-state index in [4.69, 9.17) is 4.74 Å². The second kappa shape index (κ2) is 8.93. The molecule has 0 spiro atoms. The first kappa shape index (κ1) is 20.1. The molecule has 26 heavy (non-hydrogen) atoms. The first-order chi connectivity index (χ1) is 12.3. The van der Waals surface area contributed by atoms with E-state index in [0.717, 1.165) is 11.1 Å². The minimum atomic E-state index is -3.65. The summed E-state index contributed by atoms with van der Waals surface area (Å²) < 4.78 is 32.0. The van der Waals surface area contributed by atoms with Gasteiger partial charge in [0.25, 0.3) is 5.91 Å². The lowest BCUT2D eigenvalue weighted by molar-refractivity contribution is 0.0950. The van der Waals surface area contributed by atoms with Gasteiger partial charge in [-0.25, -0.2) is 13.1 Å². The van der Waals surface area contributed by atoms with E-state index < -0.39 is 10.0 Å². The number of carbonyl (C=O) groups excluding carboxylic acids is 1. The third-order valence-electron chi connectivity index (χ3n) is 3.90. The van der Waals surface area contributed by atoms with Gasteiger partial charge in [0.05, 0.1) is 11.5 Å². The number of rotatable bonds is 8. The summed E-state index contributed by atoms with van der Waals surface area (Å²) in [5.74, 6) is -0.252. The molecule has 0 aliphatic heterocycles. The number of nitrogens with one attached hydrogen (secondary N) is 2. The van der Waals surface area contributed by atoms with Gasteiger partial charge >= 0.3 is 0 Å². The Labute approximate surface area is 154 Å². The van der Waals surface area contributed by atoms with Crippen LogP contribution < -0.4 is 10.0 Å². The maximum atomic E-state index is 12.3. The minimum Gasteiger partial charge on any atom is -0.383 e. The number of benzene rings is 2. The zero-order chi connectivity index (χ0) is 19.2. The van der Waals surface area contributed by atoms with Crippen LogP contribution in [0.5, 0.6) is 0 Å². The highest BCUT2D eigenvalue weighted by molar-refractivity contribution is 7.89. The molecule has 2 rings (SSSR count). The van der Waals surface area contributed by atoms with Crippen molar-refractivity contribution in [2.45, 2.75) is 31.3 Å². The van der Waals surface area contributed by atoms with Gasteiger partial charge in [-0.2, -0.15) is 0 Å². The Morgan fingerprint density at radius 3 is 2.38 bits per heavy atom. The minimum absolute atomic E-state index is 0.107. The molecule has 0 bridgehead atoms. The van der Waals surface area contributed by atoms with Crippen molar-refractivity contribution in [1.82, 2.24) is 10.0 Å². The van der Waals surface area contributed by atoms with Gasteiger partial charge in [-0.1, -0.05) is 24.3 Å². The van der Waals surface area contributed by atoms with Crippen LogP contribution in [0.3, 0.4) is 0 Å². The van der Waals surface area contributed by atoms with Crippen LogP contribution in [0.4, 0.5) is 0 Å². The van der Waals surface area contributed by atoms with Crippen LogP contribution in [0.2, 0.25) is 0 Å². The normalized spacial score (nSPS) is 12.6. The van der Waals surface area contributed by atoms with Crippen LogP contribution in [-0.2, 0) is 21.3 Å². The van der Waals surface area contributed by atoms with E-state index in [2.05, 4.69) is 10.0 Å². The topological polar surface area (TPSA) is 84.5 Å². The summed E-state index contributed by atoms with van der Waals surface area (Å²) in [5, 5.41) is 2.84. The Kier molecular flexibility index (Phi) is 6.90. The molecule has 0 aromatic heterocycles. The maximum Gasteiger partial charge on any atom is 0.251 e. The molecule has 0 aliphatic carbocycles. The summed E-state index contributed by atoms with van der Waals surface area (Å²) in [7, 11) is -2.14. The van der Waals surface area contributed by atoms with E-state index in [1.807, 2.05) is 31.2 Å². The average molecular weight is 376 g/mol. The van der Waals surface area contributed by atoms with Gasteiger partial charge in [-0.05, 0) is 49.2 Å². The van der Waals surface area contributed by atoms with Crippen molar-refractivity contribution in [1.29, 1.82) is 0 Å². The summed E-state index contributed by atoms with van der Waals surface area (Å²) in [6.45, 7) is 4.40. The predicted molar refractivity (Wildman–Crippen MR) is 100 cm³/mol. The van der Waals surface area contributed by atoms with Crippen molar-refractivity contribution >= 4 is 15.9 Å². The molecule has 2 aromatic carbocycles. The van der Waals surface area contributed by atoms with E-state index in [1.54, 1.807) is 6.92 Å². The Morgan fingerprint density at radius 1 is 1.12 bits per heavy atom. The van der Waals surface area contributed by atoms with E-state index in [9.17, 15) is 13.2 Å². The highest BCUT2D eigenvalue weighted by Crippen LogP contribution is 2.12. The lowest BCUT2D eigenvalue weighted by atomic mass is 10.1. The van der Waals surface area contributed by atoms with Crippen molar-refractivity contribution in [3.05, 3.63) is 65.2 Å². The lowest BCUT2D eigenvalue weighted by Gasteiger charge is -2.13. The van der Waals surface area contributed by atoms with Crippen LogP contribution in [0.15, 0.2) is 53.4 Å². The lowest BCUT2D eigenvalue weighted by Crippen LogP contribution is -2.35. The molecular formula is C19H24N2O4S. The number of amides is 1. The monoisotopic (exact) mass is 376 g/mol. The third-order valence-corrected chi connectivity index (χ3v) is 5.51. The largest absolute Gasteiger partial charge is 0.383 e. The predicted octanol–water partition coefficient (Wildman–Crippen LogP) is 2.24. The van der Waals surface area contributed by atoms with E-state index in [-0.39, 0.29) is 23.5 Å². The molecule has 0 aliphatic rings. The fourth-order valence-electron chi connectivity index (χ4n) is 2.49. The molecule has 0 saturated heterocycles. The number of aryl methyl sites for hydroxylation is 1. The third kappa shape index (κ3) is 5.39. The number of sulfonamides is 1. The van der Waals surface area contributed by atoms with Gasteiger partial charge < -0.3 is 10.1 Å². The van der Waals surface area contributed by atoms with Gasteiger partial charge in [0, 0.05) is 25.3 Å². The average Bonchev–Trinajstić information content (AvgIpc) is 2.60. The van der Waals surface area contributed by atoms with E-state index in [1.165, 1.54) is 31.4 Å². The zero-order valence-electron chi connectivity index (χ0n) is 15.2. The second-order valence-corrected chi connectivity index (χ2v) is 7.83. The SMILES string of the molecule is COC[C@@H](C)NS(=O)(=O)c1ccc(C(=O)NCc2ccccc2C)cc1. The Morgan fingerprint density at radius 2 is 1.77 bits per heavy atom. The molecule has 2 aromatic rings. The molecule has 6 nitrogen and oxygen atoms in total. The van der Waals surface area contributed by atoms with Crippen LogP contribution in [0.25, 0.3) is 0 Å². The van der Waals surface area contributed by atoms with E-state index in [0.29, 0.717) is 12.1 Å². The first-order valence-corrected chi connectivity index (χ1v) is 9.76. The molecule has 1 amide bonds. The quantitative estimate of drug-likeness (QED) is 0.740. The van der Waals surface area contributed by atoms with Gasteiger partial charge in [0.15, 0.2) is 0 Å². The van der Waals surface area contributed by atoms with Crippen LogP contribution in [0.1, 0.15) is 28.4 Å². The molecule has 0 saturated carbocycles. The molecule has 7 heteroatoms. The van der Waals surface area contributed by atoms with Crippen LogP contribution in [0, 0.1) is 6.92 Å². The summed E-state index contributed by atoms with van der Waals surface area (Å²) in [6.07, 6.45) is 0. The maximum absolute atomic E-state index is 12.3. The molecule has 0 heterocycles. The highest BCUT2D eigenvalue weighted by atomic mass is 32.2. The van der Waals surface area contributed by atoms with Crippen LogP contribution >= 0.6 is 0 Å². The van der Waals surface area contributed by atoms with Crippen molar-refractivity contribution in [2.75, 3.05) is 13.7 Å². The van der Waals surface area contributed by atoms with E-state index >= 15 is 0 Å². The zero-order valence-corrected chi connectivity index (χ0v) is 16.0. The van der Waals surface area contributed by atoms with Gasteiger partial charge in [-0.3, -0.25) is 4.79 Å².